The fourth-order valence-corrected chi connectivity index (χ4v) is 4.98. The lowest BCUT2D eigenvalue weighted by Crippen LogP contribution is -2.54. The van der Waals surface area contributed by atoms with E-state index in [2.05, 4.69) is 0 Å². The number of esters is 2. The van der Waals surface area contributed by atoms with E-state index in [1.807, 2.05) is 0 Å². The van der Waals surface area contributed by atoms with Crippen LogP contribution in [0, 0.1) is 5.82 Å². The molecule has 0 spiro atoms. The highest BCUT2D eigenvalue weighted by Gasteiger charge is 2.44. The summed E-state index contributed by atoms with van der Waals surface area (Å²) in [5, 5.41) is 0. The monoisotopic (exact) mass is 467 g/mol. The molecule has 0 radical (unpaired) electrons. The lowest BCUT2D eigenvalue weighted by molar-refractivity contribution is -0.152. The third-order valence-electron chi connectivity index (χ3n) is 4.69. The molecule has 1 aliphatic heterocycles. The second kappa shape index (κ2) is 9.03. The second-order valence-corrected chi connectivity index (χ2v) is 8.67. The largest absolute Gasteiger partial charge is 0.494 e. The van der Waals surface area contributed by atoms with E-state index < -0.39 is 39.9 Å². The van der Waals surface area contributed by atoms with E-state index >= 15 is 0 Å². The van der Waals surface area contributed by atoms with E-state index in [1.165, 1.54) is 39.2 Å². The highest BCUT2D eigenvalue weighted by Crippen LogP contribution is 2.42. The number of carbonyl (C=O) groups is 2. The number of carbonyl (C=O) groups excluding carboxylic acids is 2. The smallest absolute Gasteiger partial charge is 0.349 e. The number of methoxy groups -OCH3 is 1. The van der Waals surface area contributed by atoms with Crippen molar-refractivity contribution in [3.63, 3.8) is 0 Å². The third-order valence-corrected chi connectivity index (χ3v) is 6.59. The quantitative estimate of drug-likeness (QED) is 0.471. The Morgan fingerprint density at radius 1 is 1.19 bits per heavy atom. The second-order valence-electron chi connectivity index (χ2n) is 6.85. The normalized spacial score (nSPS) is 17.7. The van der Waals surface area contributed by atoms with Gasteiger partial charge >= 0.3 is 11.9 Å². The van der Waals surface area contributed by atoms with Crippen molar-refractivity contribution in [2.45, 2.75) is 37.8 Å². The lowest BCUT2D eigenvalue weighted by atomic mass is 10.1. The molecule has 0 aliphatic carbocycles. The van der Waals surface area contributed by atoms with Crippen LogP contribution in [0.3, 0.4) is 0 Å². The van der Waals surface area contributed by atoms with Crippen LogP contribution in [-0.4, -0.2) is 46.2 Å². The summed E-state index contributed by atoms with van der Waals surface area (Å²) in [7, 11) is -3.13. The number of rotatable bonds is 6. The van der Waals surface area contributed by atoms with Crippen molar-refractivity contribution in [1.29, 1.82) is 0 Å². The zero-order chi connectivity index (χ0) is 23.6. The molecule has 2 aromatic carbocycles. The van der Waals surface area contributed by atoms with Gasteiger partial charge in [0.25, 0.3) is 10.0 Å². The minimum atomic E-state index is -4.34. The standard InChI is InChI=1S/C21H22FNO8S/c1-5-29-21(25)20-12(2)23(17-10-14(30-13(3)24)6-9-18(17)31-20)32(26,27)15-7-8-16(22)19(11-15)28-4/h6-12,20H,5H2,1-4H3/t12-,20?/m1/s1. The molecule has 0 saturated carbocycles. The molecule has 11 heteroatoms. The van der Waals surface area contributed by atoms with E-state index in [-0.39, 0.29) is 34.4 Å². The number of hydrogen-bond acceptors (Lipinski definition) is 8. The molecule has 172 valence electrons. The molecule has 9 nitrogen and oxygen atoms in total. The summed E-state index contributed by atoms with van der Waals surface area (Å²) >= 11 is 0. The summed E-state index contributed by atoms with van der Waals surface area (Å²) in [4.78, 5) is 23.6. The first kappa shape index (κ1) is 23.3. The molecular weight excluding hydrogens is 445 g/mol. The fraction of sp³-hybridized carbons (Fsp3) is 0.333. The Morgan fingerprint density at radius 2 is 1.91 bits per heavy atom. The Hall–Kier alpha value is -3.34. The molecule has 1 heterocycles. The summed E-state index contributed by atoms with van der Waals surface area (Å²) in [6.45, 7) is 4.37. The predicted molar refractivity (Wildman–Crippen MR) is 111 cm³/mol. The fourth-order valence-electron chi connectivity index (χ4n) is 3.31. The molecule has 0 fully saturated rings. The Balaban J connectivity index is 2.18. The maximum absolute atomic E-state index is 13.9. The van der Waals surface area contributed by atoms with Crippen LogP contribution in [0.15, 0.2) is 41.3 Å². The number of benzene rings is 2. The van der Waals surface area contributed by atoms with Gasteiger partial charge in [0.1, 0.15) is 11.5 Å². The summed E-state index contributed by atoms with van der Waals surface area (Å²) in [5.74, 6) is -2.19. The van der Waals surface area contributed by atoms with Crippen LogP contribution in [0.4, 0.5) is 10.1 Å². The molecule has 1 unspecified atom stereocenters. The summed E-state index contributed by atoms with van der Waals surface area (Å²) in [6, 6.07) is 6.16. The van der Waals surface area contributed by atoms with Crippen molar-refractivity contribution >= 4 is 27.6 Å². The zero-order valence-electron chi connectivity index (χ0n) is 17.8. The van der Waals surface area contributed by atoms with Gasteiger partial charge in [0.2, 0.25) is 6.10 Å². The molecule has 0 saturated heterocycles. The number of anilines is 1. The first-order chi connectivity index (χ1) is 15.1. The maximum Gasteiger partial charge on any atom is 0.349 e. The minimum Gasteiger partial charge on any atom is -0.494 e. The molecule has 2 aromatic rings. The van der Waals surface area contributed by atoms with Gasteiger partial charge in [0, 0.05) is 19.1 Å². The molecule has 1 aliphatic rings. The Kier molecular flexibility index (Phi) is 6.58. The Bertz CT molecular complexity index is 1150. The molecular formula is C21H22FNO8S. The average molecular weight is 467 g/mol. The number of halogens is 1. The van der Waals surface area contributed by atoms with Crippen molar-refractivity contribution in [3.05, 3.63) is 42.2 Å². The number of nitrogens with zero attached hydrogens (tertiary/aromatic N) is 1. The summed E-state index contributed by atoms with van der Waals surface area (Å²) in [6.07, 6.45) is -1.26. The summed E-state index contributed by atoms with van der Waals surface area (Å²) in [5.41, 5.74) is 0.0418. The van der Waals surface area contributed by atoms with Gasteiger partial charge in [0.05, 0.1) is 30.3 Å². The molecule has 0 bridgehead atoms. The SMILES string of the molecule is CCOC(=O)C1Oc2ccc(OC(C)=O)cc2N(S(=O)(=O)c2ccc(F)c(OC)c2)[C@@H]1C. The van der Waals surface area contributed by atoms with Gasteiger partial charge in [-0.05, 0) is 38.1 Å². The Labute approximate surface area is 184 Å². The van der Waals surface area contributed by atoms with Gasteiger partial charge < -0.3 is 18.9 Å². The summed E-state index contributed by atoms with van der Waals surface area (Å²) < 4.78 is 62.9. The van der Waals surface area contributed by atoms with E-state index in [4.69, 9.17) is 18.9 Å². The third kappa shape index (κ3) is 4.33. The van der Waals surface area contributed by atoms with Crippen molar-refractivity contribution in [3.8, 4) is 17.2 Å². The highest BCUT2D eigenvalue weighted by molar-refractivity contribution is 7.92. The van der Waals surface area contributed by atoms with E-state index in [0.29, 0.717) is 0 Å². The van der Waals surface area contributed by atoms with Gasteiger partial charge in [-0.25, -0.2) is 17.6 Å². The van der Waals surface area contributed by atoms with E-state index in [0.717, 1.165) is 22.5 Å². The average Bonchev–Trinajstić information content (AvgIpc) is 2.72. The van der Waals surface area contributed by atoms with Crippen LogP contribution < -0.4 is 18.5 Å². The predicted octanol–water partition coefficient (Wildman–Crippen LogP) is 2.67. The topological polar surface area (TPSA) is 108 Å². The molecule has 2 atom stereocenters. The molecule has 0 amide bonds. The number of ether oxygens (including phenoxy) is 4. The van der Waals surface area contributed by atoms with Crippen LogP contribution in [0.1, 0.15) is 20.8 Å². The van der Waals surface area contributed by atoms with Crippen molar-refractivity contribution in [1.82, 2.24) is 0 Å². The lowest BCUT2D eigenvalue weighted by Gasteiger charge is -2.39. The maximum atomic E-state index is 13.9. The van der Waals surface area contributed by atoms with Gasteiger partial charge in [-0.3, -0.25) is 9.10 Å². The molecule has 32 heavy (non-hydrogen) atoms. The Morgan fingerprint density at radius 3 is 2.53 bits per heavy atom. The number of fused-ring (bicyclic) bond motifs is 1. The van der Waals surface area contributed by atoms with Crippen LogP contribution in [0.5, 0.6) is 17.2 Å². The van der Waals surface area contributed by atoms with Crippen molar-refractivity contribution in [2.75, 3.05) is 18.0 Å². The zero-order valence-corrected chi connectivity index (χ0v) is 18.6. The van der Waals surface area contributed by atoms with Gasteiger partial charge in [-0.1, -0.05) is 0 Å². The molecule has 0 N–H and O–H groups in total. The minimum absolute atomic E-state index is 0.0418. The first-order valence-electron chi connectivity index (χ1n) is 9.63. The van der Waals surface area contributed by atoms with Crippen molar-refractivity contribution in [2.24, 2.45) is 0 Å². The van der Waals surface area contributed by atoms with Crippen LogP contribution in [-0.2, 0) is 24.3 Å². The molecule has 0 aromatic heterocycles. The van der Waals surface area contributed by atoms with Gasteiger partial charge in [0.15, 0.2) is 11.6 Å². The van der Waals surface area contributed by atoms with E-state index in [1.54, 1.807) is 6.92 Å². The van der Waals surface area contributed by atoms with Crippen LogP contribution in [0.2, 0.25) is 0 Å². The van der Waals surface area contributed by atoms with Crippen molar-refractivity contribution < 1.29 is 41.3 Å². The highest BCUT2D eigenvalue weighted by atomic mass is 32.2. The number of sulfonamides is 1. The van der Waals surface area contributed by atoms with E-state index in [9.17, 15) is 22.4 Å². The molecule has 3 rings (SSSR count). The van der Waals surface area contributed by atoms with Crippen LogP contribution in [0.25, 0.3) is 0 Å². The van der Waals surface area contributed by atoms with Gasteiger partial charge in [-0.2, -0.15) is 0 Å². The van der Waals surface area contributed by atoms with Gasteiger partial charge in [-0.15, -0.1) is 0 Å². The van der Waals surface area contributed by atoms with Crippen LogP contribution >= 0.6 is 0 Å². The number of hydrogen-bond donors (Lipinski definition) is 0. The first-order valence-corrected chi connectivity index (χ1v) is 11.1.